The number of sulfone groups is 1. The minimum absolute atomic E-state index is 0.144. The van der Waals surface area contributed by atoms with Gasteiger partial charge in [0.05, 0.1) is 38.9 Å². The van der Waals surface area contributed by atoms with Gasteiger partial charge >= 0.3 is 6.09 Å². The van der Waals surface area contributed by atoms with Crippen LogP contribution in [-0.2, 0) is 25.9 Å². The highest BCUT2D eigenvalue weighted by Crippen LogP contribution is 2.46. The van der Waals surface area contributed by atoms with Gasteiger partial charge in [-0.15, -0.1) is 0 Å². The highest BCUT2D eigenvalue weighted by molar-refractivity contribution is 7.90. The van der Waals surface area contributed by atoms with Crippen LogP contribution < -0.4 is 10.6 Å². The van der Waals surface area contributed by atoms with E-state index in [1.807, 2.05) is 81.4 Å². The third-order valence-corrected chi connectivity index (χ3v) is 11.3. The van der Waals surface area contributed by atoms with Crippen molar-refractivity contribution in [1.29, 1.82) is 0 Å². The molecule has 262 valence electrons. The standard InChI is InChI=1S/C42H39N5O4S/c1-41(2,3)51-40(48)46-42(23-11-24-42)31-21-19-29(20-22-31)37-36(30-13-9-12-28(26-30)27-52(49,50)32-14-5-4-6-15-32)45-39-33-16-7-8-17-34(33)44-38-35(47(37)39)18-10-25-43-38/h4-10,12-22,25-26H,11,23-24,27H2,1-3H3,(H,43,44)(H,46,48). The van der Waals surface area contributed by atoms with Crippen molar-refractivity contribution >= 4 is 27.4 Å². The number of pyridine rings is 1. The molecule has 1 aliphatic carbocycles. The summed E-state index contributed by atoms with van der Waals surface area (Å²) in [5.74, 6) is 1.27. The largest absolute Gasteiger partial charge is 0.444 e. The molecular formula is C42H39N5O4S. The number of alkyl carbamates (subject to hydrolysis) is 1. The van der Waals surface area contributed by atoms with Crippen molar-refractivity contribution in [3.05, 3.63) is 133 Å². The first-order valence-electron chi connectivity index (χ1n) is 17.4. The van der Waals surface area contributed by atoms with Gasteiger partial charge in [0.2, 0.25) is 0 Å². The Morgan fingerprint density at radius 3 is 2.37 bits per heavy atom. The lowest BCUT2D eigenvalue weighted by Gasteiger charge is -2.43. The van der Waals surface area contributed by atoms with E-state index in [9.17, 15) is 13.2 Å². The minimum Gasteiger partial charge on any atom is -0.444 e. The van der Waals surface area contributed by atoms with Crippen LogP contribution in [0.5, 0.6) is 0 Å². The Balaban J connectivity index is 1.27. The summed E-state index contributed by atoms with van der Waals surface area (Å²) in [5.41, 5.74) is 6.41. The predicted molar refractivity (Wildman–Crippen MR) is 203 cm³/mol. The summed E-state index contributed by atoms with van der Waals surface area (Å²) >= 11 is 0. The van der Waals surface area contributed by atoms with Gasteiger partial charge in [0.25, 0.3) is 0 Å². The molecule has 2 aromatic heterocycles. The van der Waals surface area contributed by atoms with Crippen LogP contribution in [0.4, 0.5) is 16.3 Å². The number of hydrogen-bond acceptors (Lipinski definition) is 7. The van der Waals surface area contributed by atoms with Gasteiger partial charge in [-0.3, -0.25) is 4.57 Å². The molecule has 2 aliphatic rings. The molecule has 0 unspecified atom stereocenters. The summed E-state index contributed by atoms with van der Waals surface area (Å²) in [6.07, 6.45) is 3.98. The number of rotatable bonds is 7. The Bertz CT molecular complexity index is 2410. The number of imidazole rings is 1. The molecule has 0 saturated heterocycles. The second-order valence-electron chi connectivity index (χ2n) is 14.4. The lowest BCUT2D eigenvalue weighted by molar-refractivity contribution is 0.0377. The quantitative estimate of drug-likeness (QED) is 0.170. The van der Waals surface area contributed by atoms with Gasteiger partial charge in [0.15, 0.2) is 15.7 Å². The van der Waals surface area contributed by atoms with Crippen molar-refractivity contribution in [2.24, 2.45) is 0 Å². The SMILES string of the molecule is CC(C)(C)OC(=O)NC1(c2ccc(-c3c(-c4cccc(CS(=O)(=O)c5ccccc5)c4)nc4n3-c3cccnc3Nc3ccccc3-4)cc2)CCC1. The summed E-state index contributed by atoms with van der Waals surface area (Å²) in [6, 6.07) is 36.4. The number of hydrogen-bond donors (Lipinski definition) is 2. The first-order chi connectivity index (χ1) is 25.0. The van der Waals surface area contributed by atoms with Crippen molar-refractivity contribution in [3.8, 4) is 39.6 Å². The molecule has 1 fully saturated rings. The van der Waals surface area contributed by atoms with E-state index in [0.29, 0.717) is 17.1 Å². The van der Waals surface area contributed by atoms with Gasteiger partial charge in [-0.25, -0.2) is 23.2 Å². The Labute approximate surface area is 303 Å². The van der Waals surface area contributed by atoms with E-state index in [1.165, 1.54) is 0 Å². The predicted octanol–water partition coefficient (Wildman–Crippen LogP) is 9.20. The summed E-state index contributed by atoms with van der Waals surface area (Å²) in [6.45, 7) is 5.58. The number of benzene rings is 4. The molecule has 52 heavy (non-hydrogen) atoms. The van der Waals surface area contributed by atoms with Crippen LogP contribution >= 0.6 is 0 Å². The monoisotopic (exact) mass is 709 g/mol. The maximum atomic E-state index is 13.4. The van der Waals surface area contributed by atoms with Crippen molar-refractivity contribution in [2.75, 3.05) is 5.32 Å². The van der Waals surface area contributed by atoms with E-state index >= 15 is 0 Å². The number of fused-ring (bicyclic) bond motifs is 5. The average Bonchev–Trinajstić information content (AvgIpc) is 3.44. The minimum atomic E-state index is -3.58. The Hall–Kier alpha value is -5.74. The van der Waals surface area contributed by atoms with Gasteiger partial charge < -0.3 is 15.4 Å². The molecule has 0 spiro atoms. The molecule has 1 aliphatic heterocycles. The zero-order valence-electron chi connectivity index (χ0n) is 29.3. The molecular weight excluding hydrogens is 671 g/mol. The number of ether oxygens (including phenoxy) is 1. The summed E-state index contributed by atoms with van der Waals surface area (Å²) in [7, 11) is -3.58. The molecule has 4 aromatic carbocycles. The van der Waals surface area contributed by atoms with E-state index in [-0.39, 0.29) is 10.6 Å². The second kappa shape index (κ2) is 12.8. The number of amides is 1. The maximum absolute atomic E-state index is 13.4. The molecule has 0 radical (unpaired) electrons. The highest BCUT2D eigenvalue weighted by Gasteiger charge is 2.41. The number of carbonyl (C=O) groups excluding carboxylic acids is 1. The third kappa shape index (κ3) is 6.23. The van der Waals surface area contributed by atoms with Crippen LogP contribution in [0.25, 0.3) is 39.6 Å². The number of anilines is 2. The number of nitrogens with zero attached hydrogens (tertiary/aromatic N) is 3. The zero-order valence-corrected chi connectivity index (χ0v) is 30.1. The van der Waals surface area contributed by atoms with E-state index in [4.69, 9.17) is 14.7 Å². The fourth-order valence-corrected chi connectivity index (χ4v) is 8.45. The number of para-hydroxylation sites is 1. The van der Waals surface area contributed by atoms with E-state index < -0.39 is 27.1 Å². The fraction of sp³-hybridized carbons (Fsp3) is 0.214. The van der Waals surface area contributed by atoms with Crippen molar-refractivity contribution in [1.82, 2.24) is 19.9 Å². The first-order valence-corrected chi connectivity index (χ1v) is 19.1. The van der Waals surface area contributed by atoms with Gasteiger partial charge in [0, 0.05) is 22.9 Å². The molecule has 1 amide bonds. The van der Waals surface area contributed by atoms with Crippen LogP contribution in [0.15, 0.2) is 126 Å². The average molecular weight is 710 g/mol. The molecule has 6 aromatic rings. The lowest BCUT2D eigenvalue weighted by Crippen LogP contribution is -2.52. The zero-order chi connectivity index (χ0) is 36.1. The number of aromatic nitrogens is 3. The van der Waals surface area contributed by atoms with Crippen LogP contribution in [0.3, 0.4) is 0 Å². The van der Waals surface area contributed by atoms with Gasteiger partial charge in [-0.1, -0.05) is 72.8 Å². The molecule has 1 saturated carbocycles. The molecule has 8 rings (SSSR count). The second-order valence-corrected chi connectivity index (χ2v) is 16.4. The number of nitrogens with one attached hydrogen (secondary N) is 2. The topological polar surface area (TPSA) is 115 Å². The molecule has 2 N–H and O–H groups in total. The van der Waals surface area contributed by atoms with Gasteiger partial charge in [0.1, 0.15) is 11.4 Å². The molecule has 9 nitrogen and oxygen atoms in total. The first kappa shape index (κ1) is 33.4. The molecule has 10 heteroatoms. The molecule has 0 bridgehead atoms. The van der Waals surface area contributed by atoms with Crippen LogP contribution in [0.1, 0.15) is 51.2 Å². The van der Waals surface area contributed by atoms with Crippen molar-refractivity contribution < 1.29 is 17.9 Å². The highest BCUT2D eigenvalue weighted by atomic mass is 32.2. The van der Waals surface area contributed by atoms with E-state index in [1.54, 1.807) is 36.5 Å². The Morgan fingerprint density at radius 2 is 1.63 bits per heavy atom. The van der Waals surface area contributed by atoms with E-state index in [2.05, 4.69) is 39.5 Å². The van der Waals surface area contributed by atoms with Crippen LogP contribution in [0.2, 0.25) is 0 Å². The van der Waals surface area contributed by atoms with Crippen molar-refractivity contribution in [2.45, 2.75) is 61.8 Å². The van der Waals surface area contributed by atoms with E-state index in [0.717, 1.165) is 64.4 Å². The Morgan fingerprint density at radius 1 is 0.885 bits per heavy atom. The number of carbonyl (C=O) groups is 1. The fourth-order valence-electron chi connectivity index (χ4n) is 7.09. The van der Waals surface area contributed by atoms with Crippen molar-refractivity contribution in [3.63, 3.8) is 0 Å². The maximum Gasteiger partial charge on any atom is 0.408 e. The van der Waals surface area contributed by atoms with Gasteiger partial charge in [-0.2, -0.15) is 0 Å². The summed E-state index contributed by atoms with van der Waals surface area (Å²) in [4.78, 5) is 23.2. The summed E-state index contributed by atoms with van der Waals surface area (Å²) in [5, 5.41) is 6.68. The van der Waals surface area contributed by atoms with Gasteiger partial charge in [-0.05, 0) is 93.6 Å². The normalized spacial score (nSPS) is 14.4. The van der Waals surface area contributed by atoms with Crippen LogP contribution in [0, 0.1) is 0 Å². The lowest BCUT2D eigenvalue weighted by atomic mass is 9.71. The molecule has 0 atom stereocenters. The smallest absolute Gasteiger partial charge is 0.408 e. The Kier molecular flexibility index (Phi) is 8.22. The third-order valence-electron chi connectivity index (χ3n) is 9.64. The van der Waals surface area contributed by atoms with Crippen LogP contribution in [-0.4, -0.2) is 34.6 Å². The summed E-state index contributed by atoms with van der Waals surface area (Å²) < 4.78 is 34.6. The molecule has 3 heterocycles.